The van der Waals surface area contributed by atoms with Crippen LogP contribution in [0.5, 0.6) is 5.75 Å². The molecule has 1 fully saturated rings. The Kier molecular flexibility index (Phi) is 5.56. The van der Waals surface area contributed by atoms with Crippen molar-refractivity contribution < 1.29 is 18.7 Å². The smallest absolute Gasteiger partial charge is 0.307 e. The van der Waals surface area contributed by atoms with Crippen molar-refractivity contribution >= 4 is 5.97 Å². The summed E-state index contributed by atoms with van der Waals surface area (Å²) >= 11 is 0. The first-order valence-corrected chi connectivity index (χ1v) is 7.28. The first kappa shape index (κ1) is 15.8. The van der Waals surface area contributed by atoms with Gasteiger partial charge in [-0.25, -0.2) is 4.39 Å². The molecule has 0 bridgehead atoms. The molecule has 1 atom stereocenters. The van der Waals surface area contributed by atoms with Crippen LogP contribution in [0.2, 0.25) is 0 Å². The molecule has 5 heteroatoms. The topological polar surface area (TPSA) is 38.8 Å². The fourth-order valence-electron chi connectivity index (χ4n) is 2.86. The van der Waals surface area contributed by atoms with E-state index in [1.165, 1.54) is 13.2 Å². The van der Waals surface area contributed by atoms with E-state index in [-0.39, 0.29) is 17.8 Å². The average molecular weight is 295 g/mol. The Morgan fingerprint density at radius 2 is 2.19 bits per heavy atom. The number of hydrogen-bond donors (Lipinski definition) is 0. The molecule has 0 saturated carbocycles. The second kappa shape index (κ2) is 7.41. The van der Waals surface area contributed by atoms with Gasteiger partial charge in [-0.05, 0) is 31.5 Å². The lowest BCUT2D eigenvalue weighted by molar-refractivity contribution is -0.142. The predicted octanol–water partition coefficient (Wildman–Crippen LogP) is 2.75. The van der Waals surface area contributed by atoms with Crippen molar-refractivity contribution in [2.75, 3.05) is 20.8 Å². The Hall–Kier alpha value is -1.62. The van der Waals surface area contributed by atoms with E-state index in [0.717, 1.165) is 25.8 Å². The van der Waals surface area contributed by atoms with Crippen LogP contribution >= 0.6 is 0 Å². The third-order valence-corrected chi connectivity index (χ3v) is 4.04. The molecule has 21 heavy (non-hydrogen) atoms. The number of nitrogens with zero attached hydrogens (tertiary/aromatic N) is 1. The van der Waals surface area contributed by atoms with Gasteiger partial charge in [0.15, 0.2) is 0 Å². The number of methoxy groups -OCH3 is 2. The van der Waals surface area contributed by atoms with Gasteiger partial charge in [0.2, 0.25) is 0 Å². The number of likely N-dealkylation sites (tertiary alicyclic amines) is 1. The molecule has 116 valence electrons. The molecule has 2 rings (SSSR count). The number of piperidine rings is 1. The highest BCUT2D eigenvalue weighted by Gasteiger charge is 2.26. The van der Waals surface area contributed by atoms with E-state index in [1.54, 1.807) is 19.2 Å². The van der Waals surface area contributed by atoms with E-state index in [0.29, 0.717) is 24.3 Å². The van der Waals surface area contributed by atoms with Crippen molar-refractivity contribution in [3.8, 4) is 5.75 Å². The molecule has 1 unspecified atom stereocenters. The van der Waals surface area contributed by atoms with Gasteiger partial charge in [-0.1, -0.05) is 12.5 Å². The molecule has 0 aromatic heterocycles. The van der Waals surface area contributed by atoms with Gasteiger partial charge in [-0.2, -0.15) is 0 Å². The van der Waals surface area contributed by atoms with Crippen LogP contribution in [0.3, 0.4) is 0 Å². The van der Waals surface area contributed by atoms with Gasteiger partial charge in [-0.15, -0.1) is 0 Å². The third-order valence-electron chi connectivity index (χ3n) is 4.04. The van der Waals surface area contributed by atoms with Gasteiger partial charge in [0.05, 0.1) is 20.6 Å². The number of hydrogen-bond acceptors (Lipinski definition) is 4. The number of carbonyl (C=O) groups is 1. The van der Waals surface area contributed by atoms with Crippen LogP contribution in [0.25, 0.3) is 0 Å². The first-order valence-electron chi connectivity index (χ1n) is 7.28. The van der Waals surface area contributed by atoms with Crippen LogP contribution < -0.4 is 4.74 Å². The normalized spacial score (nSPS) is 19.3. The van der Waals surface area contributed by atoms with Crippen LogP contribution in [0.15, 0.2) is 18.2 Å². The first-order chi connectivity index (χ1) is 10.2. The van der Waals surface area contributed by atoms with Crippen molar-refractivity contribution in [3.05, 3.63) is 29.6 Å². The van der Waals surface area contributed by atoms with Crippen molar-refractivity contribution in [1.29, 1.82) is 0 Å². The summed E-state index contributed by atoms with van der Waals surface area (Å²) < 4.78 is 24.1. The molecule has 4 nitrogen and oxygen atoms in total. The fourth-order valence-corrected chi connectivity index (χ4v) is 2.86. The van der Waals surface area contributed by atoms with Crippen LogP contribution in [-0.2, 0) is 16.1 Å². The molecule has 0 radical (unpaired) electrons. The molecule has 1 aromatic rings. The Morgan fingerprint density at radius 1 is 1.38 bits per heavy atom. The summed E-state index contributed by atoms with van der Waals surface area (Å²) in [5.74, 6) is 0.0709. The van der Waals surface area contributed by atoms with Gasteiger partial charge in [0.1, 0.15) is 11.6 Å². The Balaban J connectivity index is 2.14. The molecule has 1 saturated heterocycles. The summed E-state index contributed by atoms with van der Waals surface area (Å²) in [5.41, 5.74) is 0.553. The lowest BCUT2D eigenvalue weighted by Crippen LogP contribution is -2.40. The Labute approximate surface area is 124 Å². The molecule has 0 N–H and O–H groups in total. The number of carbonyl (C=O) groups excluding carboxylic acids is 1. The SMILES string of the molecule is COC(=O)CC1CCCCN1Cc1c(F)cccc1OC. The molecule has 1 heterocycles. The molecule has 1 aromatic carbocycles. The lowest BCUT2D eigenvalue weighted by Gasteiger charge is -2.35. The van der Waals surface area contributed by atoms with E-state index >= 15 is 0 Å². The predicted molar refractivity (Wildman–Crippen MR) is 77.6 cm³/mol. The second-order valence-electron chi connectivity index (χ2n) is 5.32. The molecule has 1 aliphatic heterocycles. The van der Waals surface area contributed by atoms with Crippen molar-refractivity contribution in [1.82, 2.24) is 4.90 Å². The molecular weight excluding hydrogens is 273 g/mol. The maximum atomic E-state index is 14.0. The van der Waals surface area contributed by atoms with Gasteiger partial charge < -0.3 is 9.47 Å². The van der Waals surface area contributed by atoms with Crippen molar-refractivity contribution in [2.45, 2.75) is 38.3 Å². The van der Waals surface area contributed by atoms with E-state index < -0.39 is 0 Å². The van der Waals surface area contributed by atoms with Crippen LogP contribution in [0, 0.1) is 5.82 Å². The zero-order chi connectivity index (χ0) is 15.2. The minimum absolute atomic E-state index is 0.107. The van der Waals surface area contributed by atoms with Gasteiger partial charge >= 0.3 is 5.97 Å². The van der Waals surface area contributed by atoms with Crippen LogP contribution in [0.1, 0.15) is 31.2 Å². The minimum Gasteiger partial charge on any atom is -0.496 e. The zero-order valence-corrected chi connectivity index (χ0v) is 12.6. The monoisotopic (exact) mass is 295 g/mol. The van der Waals surface area contributed by atoms with Gasteiger partial charge in [-0.3, -0.25) is 9.69 Å². The highest BCUT2D eigenvalue weighted by atomic mass is 19.1. The summed E-state index contributed by atoms with van der Waals surface area (Å²) in [7, 11) is 2.94. The summed E-state index contributed by atoms with van der Waals surface area (Å²) in [5, 5.41) is 0. The number of ether oxygens (including phenoxy) is 2. The molecule has 1 aliphatic rings. The van der Waals surface area contributed by atoms with Crippen LogP contribution in [0.4, 0.5) is 4.39 Å². The van der Waals surface area contributed by atoms with E-state index in [1.807, 2.05) is 0 Å². The second-order valence-corrected chi connectivity index (χ2v) is 5.32. The fraction of sp³-hybridized carbons (Fsp3) is 0.562. The molecular formula is C16H22FNO3. The zero-order valence-electron chi connectivity index (χ0n) is 12.6. The number of halogens is 1. The lowest BCUT2D eigenvalue weighted by atomic mass is 9.98. The minimum atomic E-state index is -0.267. The van der Waals surface area contributed by atoms with Gasteiger partial charge in [0, 0.05) is 18.2 Å². The Morgan fingerprint density at radius 3 is 2.90 bits per heavy atom. The largest absolute Gasteiger partial charge is 0.496 e. The standard InChI is InChI=1S/C16H22FNO3/c1-20-15-8-5-7-14(17)13(15)11-18-9-4-3-6-12(18)10-16(19)21-2/h5,7-8,12H,3-4,6,9-11H2,1-2H3. The average Bonchev–Trinajstić information content (AvgIpc) is 2.50. The summed E-state index contributed by atoms with van der Waals surface area (Å²) in [6, 6.07) is 4.95. The van der Waals surface area contributed by atoms with E-state index in [2.05, 4.69) is 4.90 Å². The van der Waals surface area contributed by atoms with Crippen LogP contribution in [-0.4, -0.2) is 37.7 Å². The molecule has 0 spiro atoms. The van der Waals surface area contributed by atoms with Crippen molar-refractivity contribution in [3.63, 3.8) is 0 Å². The Bertz CT molecular complexity index is 492. The maximum Gasteiger partial charge on any atom is 0.307 e. The van der Waals surface area contributed by atoms with Crippen molar-refractivity contribution in [2.24, 2.45) is 0 Å². The molecule has 0 amide bonds. The van der Waals surface area contributed by atoms with E-state index in [4.69, 9.17) is 9.47 Å². The summed E-state index contributed by atoms with van der Waals surface area (Å²) in [6.45, 7) is 1.32. The maximum absolute atomic E-state index is 14.0. The number of rotatable bonds is 5. The third kappa shape index (κ3) is 3.94. The highest BCUT2D eigenvalue weighted by Crippen LogP contribution is 2.27. The molecule has 0 aliphatic carbocycles. The highest BCUT2D eigenvalue weighted by molar-refractivity contribution is 5.69. The van der Waals surface area contributed by atoms with E-state index in [9.17, 15) is 9.18 Å². The number of benzene rings is 1. The van der Waals surface area contributed by atoms with Gasteiger partial charge in [0.25, 0.3) is 0 Å². The summed E-state index contributed by atoms with van der Waals surface area (Å²) in [6.07, 6.45) is 3.44. The number of esters is 1. The quantitative estimate of drug-likeness (QED) is 0.783. The summed E-state index contributed by atoms with van der Waals surface area (Å²) in [4.78, 5) is 13.7.